The molecule has 2 aromatic rings. The van der Waals surface area contributed by atoms with Crippen molar-refractivity contribution in [2.24, 2.45) is 0 Å². The summed E-state index contributed by atoms with van der Waals surface area (Å²) >= 11 is 0. The van der Waals surface area contributed by atoms with Crippen LogP contribution in [-0.2, 0) is 4.74 Å². The second kappa shape index (κ2) is 8.17. The smallest absolute Gasteiger partial charge is 0.412 e. The fourth-order valence-electron chi connectivity index (χ4n) is 3.08. The Balaban J connectivity index is 1.45. The Morgan fingerprint density at radius 2 is 2.17 bits per heavy atom. The summed E-state index contributed by atoms with van der Waals surface area (Å²) in [5.41, 5.74) is 0.598. The Morgan fingerprint density at radius 1 is 1.33 bits per heavy atom. The molecule has 2 heterocycles. The number of carbonyl (C=O) groups excluding carboxylic acids is 1. The molecule has 0 aliphatic carbocycles. The molecule has 0 saturated carbocycles. The lowest BCUT2D eigenvalue weighted by atomic mass is 10.1. The van der Waals surface area contributed by atoms with E-state index in [9.17, 15) is 4.79 Å². The van der Waals surface area contributed by atoms with Gasteiger partial charge in [-0.25, -0.2) is 4.79 Å². The van der Waals surface area contributed by atoms with Crippen LogP contribution in [0.15, 0.2) is 34.9 Å². The van der Waals surface area contributed by atoms with Gasteiger partial charge in [-0.15, -0.1) is 0 Å². The van der Waals surface area contributed by atoms with Crippen LogP contribution in [0.1, 0.15) is 19.3 Å². The molecule has 130 valence electrons. The summed E-state index contributed by atoms with van der Waals surface area (Å²) in [6, 6.07) is 7.51. The van der Waals surface area contributed by atoms with Gasteiger partial charge in [-0.2, -0.15) is 0 Å². The first kappa shape index (κ1) is 16.8. The van der Waals surface area contributed by atoms with Crippen molar-refractivity contribution in [3.8, 4) is 5.75 Å². The number of hydrogen-bond donors (Lipinski definition) is 1. The van der Waals surface area contributed by atoms with Crippen molar-refractivity contribution < 1.29 is 18.7 Å². The van der Waals surface area contributed by atoms with Crippen LogP contribution in [-0.4, -0.2) is 50.4 Å². The van der Waals surface area contributed by atoms with Gasteiger partial charge in [0.2, 0.25) is 0 Å². The van der Waals surface area contributed by atoms with Crippen molar-refractivity contribution in [2.45, 2.75) is 25.3 Å². The number of likely N-dealkylation sites (tertiary alicyclic amines) is 1. The van der Waals surface area contributed by atoms with E-state index < -0.39 is 6.09 Å². The van der Waals surface area contributed by atoms with E-state index in [1.165, 1.54) is 0 Å². The highest BCUT2D eigenvalue weighted by Gasteiger charge is 2.21. The zero-order valence-electron chi connectivity index (χ0n) is 14.0. The van der Waals surface area contributed by atoms with Crippen molar-refractivity contribution >= 4 is 17.1 Å². The van der Waals surface area contributed by atoms with E-state index in [-0.39, 0.29) is 6.04 Å². The van der Waals surface area contributed by atoms with Crippen LogP contribution in [0.2, 0.25) is 0 Å². The van der Waals surface area contributed by atoms with Gasteiger partial charge in [-0.05, 0) is 31.4 Å². The average Bonchev–Trinajstić information content (AvgIpc) is 3.06. The third kappa shape index (κ3) is 4.27. The predicted molar refractivity (Wildman–Crippen MR) is 91.3 cm³/mol. The molecule has 1 N–H and O–H groups in total. The molecular formula is C18H24N2O4. The molecule has 0 spiro atoms. The molecule has 6 heteroatoms. The lowest BCUT2D eigenvalue weighted by molar-refractivity contribution is 0.149. The molecule has 0 bridgehead atoms. The van der Waals surface area contributed by atoms with Crippen LogP contribution in [0.5, 0.6) is 5.75 Å². The lowest BCUT2D eigenvalue weighted by Crippen LogP contribution is -2.45. The van der Waals surface area contributed by atoms with Gasteiger partial charge in [0.15, 0.2) is 11.3 Å². The quantitative estimate of drug-likeness (QED) is 0.824. The van der Waals surface area contributed by atoms with Crippen LogP contribution < -0.4 is 10.1 Å². The molecule has 1 fully saturated rings. The first-order chi connectivity index (χ1) is 11.8. The highest BCUT2D eigenvalue weighted by molar-refractivity contribution is 5.85. The minimum atomic E-state index is -0.420. The largest absolute Gasteiger partial charge is 0.460 e. The Morgan fingerprint density at radius 3 is 2.96 bits per heavy atom. The molecule has 24 heavy (non-hydrogen) atoms. The first-order valence-corrected chi connectivity index (χ1v) is 8.42. The van der Waals surface area contributed by atoms with Gasteiger partial charge in [0.25, 0.3) is 0 Å². The Bertz CT molecular complexity index is 662. The summed E-state index contributed by atoms with van der Waals surface area (Å²) in [5.74, 6) is 0.451. The number of nitrogens with one attached hydrogen (secondary N) is 1. The molecule has 1 aromatic heterocycles. The summed E-state index contributed by atoms with van der Waals surface area (Å²) in [7, 11) is 1.73. The van der Waals surface area contributed by atoms with Crippen molar-refractivity contribution in [3.05, 3.63) is 30.5 Å². The molecule has 1 aromatic carbocycles. The number of carbonyl (C=O) groups is 1. The van der Waals surface area contributed by atoms with Crippen LogP contribution in [0, 0.1) is 0 Å². The van der Waals surface area contributed by atoms with Crippen molar-refractivity contribution in [3.63, 3.8) is 0 Å². The Kier molecular flexibility index (Phi) is 5.72. The molecular weight excluding hydrogens is 308 g/mol. The van der Waals surface area contributed by atoms with Gasteiger partial charge in [0, 0.05) is 44.8 Å². The number of methoxy groups -OCH3 is 1. The molecule has 1 amide bonds. The zero-order chi connectivity index (χ0) is 16.8. The molecule has 0 unspecified atom stereocenters. The molecule has 1 aliphatic rings. The van der Waals surface area contributed by atoms with Crippen LogP contribution in [0.4, 0.5) is 4.79 Å². The minimum absolute atomic E-state index is 0.159. The fraction of sp³-hybridized carbons (Fsp3) is 0.500. The fourth-order valence-corrected chi connectivity index (χ4v) is 3.08. The molecule has 0 radical (unpaired) electrons. The normalized spacial score (nSPS) is 16.4. The zero-order valence-corrected chi connectivity index (χ0v) is 14.0. The van der Waals surface area contributed by atoms with E-state index in [0.717, 1.165) is 50.9 Å². The van der Waals surface area contributed by atoms with E-state index in [0.29, 0.717) is 11.3 Å². The number of rotatable bonds is 6. The third-order valence-corrected chi connectivity index (χ3v) is 4.38. The number of furan rings is 1. The molecule has 0 atom stereocenters. The predicted octanol–water partition coefficient (Wildman–Crippen LogP) is 3.02. The number of piperidine rings is 1. The van der Waals surface area contributed by atoms with Crippen molar-refractivity contribution in [2.75, 3.05) is 33.4 Å². The molecule has 6 nitrogen and oxygen atoms in total. The van der Waals surface area contributed by atoms with Gasteiger partial charge in [0.1, 0.15) is 0 Å². The van der Waals surface area contributed by atoms with E-state index in [2.05, 4.69) is 10.2 Å². The van der Waals surface area contributed by atoms with Gasteiger partial charge >= 0.3 is 6.09 Å². The van der Waals surface area contributed by atoms with Crippen molar-refractivity contribution in [1.29, 1.82) is 0 Å². The summed E-state index contributed by atoms with van der Waals surface area (Å²) in [4.78, 5) is 14.5. The van der Waals surface area contributed by atoms with E-state index in [4.69, 9.17) is 13.9 Å². The number of fused-ring (bicyclic) bond motifs is 1. The first-order valence-electron chi connectivity index (χ1n) is 8.42. The highest BCUT2D eigenvalue weighted by atomic mass is 16.6. The minimum Gasteiger partial charge on any atom is -0.460 e. The Hall–Kier alpha value is -2.05. The van der Waals surface area contributed by atoms with Gasteiger partial charge < -0.3 is 24.1 Å². The van der Waals surface area contributed by atoms with Gasteiger partial charge in [-0.1, -0.05) is 12.1 Å². The van der Waals surface area contributed by atoms with Crippen LogP contribution in [0.25, 0.3) is 11.0 Å². The van der Waals surface area contributed by atoms with Crippen LogP contribution in [0.3, 0.4) is 0 Å². The topological polar surface area (TPSA) is 63.9 Å². The number of hydrogen-bond acceptors (Lipinski definition) is 5. The molecule has 1 saturated heterocycles. The van der Waals surface area contributed by atoms with Gasteiger partial charge in [-0.3, -0.25) is 0 Å². The highest BCUT2D eigenvalue weighted by Crippen LogP contribution is 2.26. The maximum atomic E-state index is 12.1. The molecule has 3 rings (SSSR count). The number of benzene rings is 1. The number of amides is 1. The summed E-state index contributed by atoms with van der Waals surface area (Å²) in [6.45, 7) is 3.82. The van der Waals surface area contributed by atoms with Gasteiger partial charge in [0.05, 0.1) is 6.26 Å². The second-order valence-corrected chi connectivity index (χ2v) is 6.09. The summed E-state index contributed by atoms with van der Waals surface area (Å²) in [6.07, 6.45) is 4.09. The van der Waals surface area contributed by atoms with E-state index >= 15 is 0 Å². The number of para-hydroxylation sites is 1. The maximum Gasteiger partial charge on any atom is 0.412 e. The SMILES string of the molecule is COCCCN1CCC(NC(=O)Oc2cccc3ccoc23)CC1. The average molecular weight is 332 g/mol. The summed E-state index contributed by atoms with van der Waals surface area (Å²) < 4.78 is 15.9. The van der Waals surface area contributed by atoms with E-state index in [1.54, 1.807) is 19.4 Å². The second-order valence-electron chi connectivity index (χ2n) is 6.09. The standard InChI is InChI=1S/C18H24N2O4/c1-22-12-3-9-20-10-6-15(7-11-20)19-18(21)24-16-5-2-4-14-8-13-23-17(14)16/h2,4-5,8,13,15H,3,6-7,9-12H2,1H3,(H,19,21). The summed E-state index contributed by atoms with van der Waals surface area (Å²) in [5, 5.41) is 3.88. The van der Waals surface area contributed by atoms with Crippen molar-refractivity contribution in [1.82, 2.24) is 10.2 Å². The lowest BCUT2D eigenvalue weighted by Gasteiger charge is -2.31. The molecule has 1 aliphatic heterocycles. The monoisotopic (exact) mass is 332 g/mol. The van der Waals surface area contributed by atoms with Crippen LogP contribution >= 0.6 is 0 Å². The number of nitrogens with zero attached hydrogens (tertiary/aromatic N) is 1. The maximum absolute atomic E-state index is 12.1. The van der Waals surface area contributed by atoms with E-state index in [1.807, 2.05) is 18.2 Å². The third-order valence-electron chi connectivity index (χ3n) is 4.38. The Labute approximate surface area is 141 Å². The number of ether oxygens (including phenoxy) is 2.